The molecule has 0 aromatic carbocycles. The lowest BCUT2D eigenvalue weighted by atomic mass is 9.72. The average Bonchev–Trinajstić information content (AvgIpc) is 2.69. The monoisotopic (exact) mass is 408 g/mol. The van der Waals surface area contributed by atoms with E-state index in [1.165, 1.54) is 18.4 Å². The Morgan fingerprint density at radius 3 is 2.75 bits per heavy atom. The number of amides is 1. The Bertz CT molecular complexity index is 818. The zero-order valence-electron chi connectivity index (χ0n) is 16.4. The first-order valence-electron chi connectivity index (χ1n) is 9.86. The molecule has 0 aliphatic carbocycles. The predicted octanol–water partition coefficient (Wildman–Crippen LogP) is 0.0784. The Balaban J connectivity index is 1.60. The molecule has 0 radical (unpaired) electrons. The van der Waals surface area contributed by atoms with Crippen molar-refractivity contribution >= 4 is 21.9 Å². The van der Waals surface area contributed by atoms with E-state index in [2.05, 4.69) is 19.6 Å². The number of hydrogen-bond donors (Lipinski definition) is 1. The SMILES string of the molecule is CN(C)S(=O)(=O)NC[C@H]1[C@H]2C[C@H](CN(c3cnccn3)C2)[C@@H]2CCCC(=O)N21. The van der Waals surface area contributed by atoms with Crippen LogP contribution in [0.4, 0.5) is 5.82 Å². The van der Waals surface area contributed by atoms with Gasteiger partial charge in [0.25, 0.3) is 10.2 Å². The molecule has 4 rings (SSSR count). The second-order valence-corrected chi connectivity index (χ2v) is 10.2. The second-order valence-electron chi connectivity index (χ2n) is 8.19. The summed E-state index contributed by atoms with van der Waals surface area (Å²) in [6, 6.07) is 0.0362. The molecule has 3 fully saturated rings. The number of nitrogens with zero attached hydrogens (tertiary/aromatic N) is 5. The van der Waals surface area contributed by atoms with E-state index in [9.17, 15) is 13.2 Å². The van der Waals surface area contributed by atoms with Crippen molar-refractivity contribution in [3.63, 3.8) is 0 Å². The van der Waals surface area contributed by atoms with Crippen LogP contribution in [0.15, 0.2) is 18.6 Å². The molecule has 3 aliphatic rings. The highest BCUT2D eigenvalue weighted by molar-refractivity contribution is 7.87. The number of aromatic nitrogens is 2. The van der Waals surface area contributed by atoms with E-state index in [4.69, 9.17) is 0 Å². The lowest BCUT2D eigenvalue weighted by Crippen LogP contribution is -2.67. The van der Waals surface area contributed by atoms with Crippen molar-refractivity contribution < 1.29 is 13.2 Å². The van der Waals surface area contributed by atoms with Crippen molar-refractivity contribution in [2.24, 2.45) is 11.8 Å². The summed E-state index contributed by atoms with van der Waals surface area (Å²) in [7, 11) is -0.527. The van der Waals surface area contributed by atoms with Crippen molar-refractivity contribution in [1.29, 1.82) is 0 Å². The maximum atomic E-state index is 12.8. The van der Waals surface area contributed by atoms with Crippen LogP contribution < -0.4 is 9.62 Å². The van der Waals surface area contributed by atoms with Crippen molar-refractivity contribution in [3.05, 3.63) is 18.6 Å². The number of hydrogen-bond acceptors (Lipinski definition) is 6. The van der Waals surface area contributed by atoms with E-state index in [0.717, 1.165) is 38.2 Å². The summed E-state index contributed by atoms with van der Waals surface area (Å²) in [5.41, 5.74) is 0. The van der Waals surface area contributed by atoms with Crippen LogP contribution >= 0.6 is 0 Å². The number of piperidine rings is 3. The van der Waals surface area contributed by atoms with Gasteiger partial charge in [0.05, 0.1) is 12.2 Å². The molecule has 0 unspecified atom stereocenters. The molecule has 1 aromatic rings. The van der Waals surface area contributed by atoms with Gasteiger partial charge in [0, 0.05) is 58.6 Å². The Hall–Kier alpha value is -1.78. The Morgan fingerprint density at radius 2 is 2.04 bits per heavy atom. The number of carbonyl (C=O) groups excluding carboxylic acids is 1. The van der Waals surface area contributed by atoms with Gasteiger partial charge in [0.2, 0.25) is 5.91 Å². The first-order chi connectivity index (χ1) is 13.4. The van der Waals surface area contributed by atoms with E-state index >= 15 is 0 Å². The summed E-state index contributed by atoms with van der Waals surface area (Å²) < 4.78 is 28.4. The van der Waals surface area contributed by atoms with E-state index in [1.54, 1.807) is 18.6 Å². The maximum absolute atomic E-state index is 12.8. The lowest BCUT2D eigenvalue weighted by molar-refractivity contribution is -0.148. The van der Waals surface area contributed by atoms with Crippen LogP contribution in [0, 0.1) is 11.8 Å². The van der Waals surface area contributed by atoms with Gasteiger partial charge in [-0.3, -0.25) is 9.78 Å². The van der Waals surface area contributed by atoms with Gasteiger partial charge in [-0.1, -0.05) is 0 Å². The van der Waals surface area contributed by atoms with Gasteiger partial charge < -0.3 is 9.80 Å². The van der Waals surface area contributed by atoms with Crippen molar-refractivity contribution in [2.45, 2.75) is 37.8 Å². The smallest absolute Gasteiger partial charge is 0.279 e. The summed E-state index contributed by atoms with van der Waals surface area (Å²) in [5.74, 6) is 1.59. The summed E-state index contributed by atoms with van der Waals surface area (Å²) in [6.07, 6.45) is 8.58. The largest absolute Gasteiger partial charge is 0.355 e. The molecule has 154 valence electrons. The normalized spacial score (nSPS) is 30.5. The summed E-state index contributed by atoms with van der Waals surface area (Å²) in [4.78, 5) is 25.7. The third-order valence-electron chi connectivity index (χ3n) is 6.33. The third-order valence-corrected chi connectivity index (χ3v) is 7.82. The number of nitrogens with one attached hydrogen (secondary N) is 1. The number of carbonyl (C=O) groups is 1. The first-order valence-corrected chi connectivity index (χ1v) is 11.3. The summed E-state index contributed by atoms with van der Waals surface area (Å²) in [5, 5.41) is 0. The van der Waals surface area contributed by atoms with E-state index in [1.807, 2.05) is 4.90 Å². The Kier molecular flexibility index (Phi) is 5.28. The number of fused-ring (bicyclic) bond motifs is 4. The minimum absolute atomic E-state index is 0.136. The van der Waals surface area contributed by atoms with Crippen LogP contribution in [0.25, 0.3) is 0 Å². The second kappa shape index (κ2) is 7.57. The highest BCUT2D eigenvalue weighted by Crippen LogP contribution is 2.42. The molecular formula is C18H28N6O3S. The Morgan fingerprint density at radius 1 is 1.25 bits per heavy atom. The molecule has 3 aliphatic heterocycles. The average molecular weight is 409 g/mol. The standard InChI is InChI=1S/C18H28N6O3S/c1-22(2)28(26,27)21-9-16-14-8-13(15-4-3-5-18(25)24(15)16)11-23(12-14)17-10-19-6-7-20-17/h6-7,10,13-16,21H,3-5,8-9,11-12H2,1-2H3/t13-,14+,15+,16+/m1/s1. The molecular weight excluding hydrogens is 380 g/mol. The van der Waals surface area contributed by atoms with Crippen LogP contribution in [0.5, 0.6) is 0 Å². The molecule has 1 aromatic heterocycles. The molecule has 1 amide bonds. The van der Waals surface area contributed by atoms with E-state index in [0.29, 0.717) is 12.3 Å². The molecule has 0 spiro atoms. The van der Waals surface area contributed by atoms with Gasteiger partial charge in [0.15, 0.2) is 0 Å². The van der Waals surface area contributed by atoms with Gasteiger partial charge in [-0.05, 0) is 31.1 Å². The lowest BCUT2D eigenvalue weighted by Gasteiger charge is -2.56. The number of rotatable bonds is 5. The molecule has 9 nitrogen and oxygen atoms in total. The highest BCUT2D eigenvalue weighted by atomic mass is 32.2. The minimum Gasteiger partial charge on any atom is -0.355 e. The van der Waals surface area contributed by atoms with Gasteiger partial charge in [-0.25, -0.2) is 9.71 Å². The molecule has 0 saturated carbocycles. The fourth-order valence-corrected chi connectivity index (χ4v) is 5.64. The molecule has 3 saturated heterocycles. The Labute approximate surface area is 166 Å². The van der Waals surface area contributed by atoms with Crippen LogP contribution in [0.1, 0.15) is 25.7 Å². The van der Waals surface area contributed by atoms with Gasteiger partial charge in [-0.2, -0.15) is 12.7 Å². The highest BCUT2D eigenvalue weighted by Gasteiger charge is 2.49. The van der Waals surface area contributed by atoms with Gasteiger partial charge >= 0.3 is 0 Å². The van der Waals surface area contributed by atoms with Gasteiger partial charge in [-0.15, -0.1) is 0 Å². The van der Waals surface area contributed by atoms with Crippen LogP contribution in [-0.4, -0.2) is 79.3 Å². The zero-order valence-corrected chi connectivity index (χ0v) is 17.2. The number of anilines is 1. The third kappa shape index (κ3) is 3.60. The molecule has 28 heavy (non-hydrogen) atoms. The molecule has 2 bridgehead atoms. The molecule has 4 heterocycles. The zero-order chi connectivity index (χ0) is 19.9. The van der Waals surface area contributed by atoms with Crippen LogP contribution in [0.2, 0.25) is 0 Å². The quantitative estimate of drug-likeness (QED) is 0.741. The molecule has 1 N–H and O–H groups in total. The summed E-state index contributed by atoms with van der Waals surface area (Å²) in [6.45, 7) is 1.86. The van der Waals surface area contributed by atoms with Gasteiger partial charge in [0.1, 0.15) is 5.82 Å². The van der Waals surface area contributed by atoms with Crippen LogP contribution in [0.3, 0.4) is 0 Å². The van der Waals surface area contributed by atoms with Crippen molar-refractivity contribution in [1.82, 2.24) is 23.9 Å². The fraction of sp³-hybridized carbons (Fsp3) is 0.722. The maximum Gasteiger partial charge on any atom is 0.279 e. The fourth-order valence-electron chi connectivity index (χ4n) is 5.00. The first kappa shape index (κ1) is 19.5. The topological polar surface area (TPSA) is 98.7 Å². The summed E-state index contributed by atoms with van der Waals surface area (Å²) >= 11 is 0. The van der Waals surface area contributed by atoms with Crippen LogP contribution in [-0.2, 0) is 15.0 Å². The minimum atomic E-state index is -3.54. The molecule has 4 atom stereocenters. The van der Waals surface area contributed by atoms with Crippen molar-refractivity contribution in [3.8, 4) is 0 Å². The predicted molar refractivity (Wildman–Crippen MR) is 105 cm³/mol. The van der Waals surface area contributed by atoms with Crippen molar-refractivity contribution in [2.75, 3.05) is 38.6 Å². The van der Waals surface area contributed by atoms with E-state index < -0.39 is 10.2 Å². The van der Waals surface area contributed by atoms with E-state index in [-0.39, 0.29) is 30.5 Å². The molecule has 10 heteroatoms.